The van der Waals surface area contributed by atoms with E-state index in [1.807, 2.05) is 6.92 Å². The second kappa shape index (κ2) is 6.58. The highest BCUT2D eigenvalue weighted by Gasteiger charge is 2.23. The molecule has 0 radical (unpaired) electrons. The SMILES string of the molecule is CCCn1cccc1C(=O)N(CC(=O)O)CC(=O)O. The van der Waals surface area contributed by atoms with Crippen molar-refractivity contribution in [3.8, 4) is 0 Å². The summed E-state index contributed by atoms with van der Waals surface area (Å²) in [6.45, 7) is 1.29. The van der Waals surface area contributed by atoms with Crippen molar-refractivity contribution in [2.24, 2.45) is 0 Å². The van der Waals surface area contributed by atoms with Crippen LogP contribution < -0.4 is 0 Å². The van der Waals surface area contributed by atoms with Crippen molar-refractivity contribution in [2.45, 2.75) is 19.9 Å². The summed E-state index contributed by atoms with van der Waals surface area (Å²) in [6, 6.07) is 3.22. The Morgan fingerprint density at radius 3 is 2.26 bits per heavy atom. The van der Waals surface area contributed by atoms with Crippen LogP contribution in [0.2, 0.25) is 0 Å². The van der Waals surface area contributed by atoms with Gasteiger partial charge in [0, 0.05) is 12.7 Å². The molecule has 7 heteroatoms. The third-order valence-corrected chi connectivity index (χ3v) is 2.45. The van der Waals surface area contributed by atoms with Gasteiger partial charge >= 0.3 is 11.9 Å². The van der Waals surface area contributed by atoms with Crippen LogP contribution in [0.4, 0.5) is 0 Å². The Bertz CT molecular complexity index is 464. The molecule has 1 rings (SSSR count). The van der Waals surface area contributed by atoms with Crippen molar-refractivity contribution in [1.82, 2.24) is 9.47 Å². The molecule has 0 bridgehead atoms. The smallest absolute Gasteiger partial charge is 0.323 e. The number of nitrogens with zero attached hydrogens (tertiary/aromatic N) is 2. The molecule has 0 unspecified atom stereocenters. The van der Waals surface area contributed by atoms with E-state index in [1.54, 1.807) is 22.9 Å². The van der Waals surface area contributed by atoms with E-state index in [-0.39, 0.29) is 0 Å². The van der Waals surface area contributed by atoms with Gasteiger partial charge in [0.05, 0.1) is 0 Å². The first-order valence-electron chi connectivity index (χ1n) is 5.83. The Balaban J connectivity index is 2.94. The number of aryl methyl sites for hydroxylation is 1. The monoisotopic (exact) mass is 268 g/mol. The van der Waals surface area contributed by atoms with Crippen molar-refractivity contribution >= 4 is 17.8 Å². The number of aliphatic carboxylic acids is 2. The number of carboxylic acids is 2. The molecule has 104 valence electrons. The molecule has 19 heavy (non-hydrogen) atoms. The van der Waals surface area contributed by atoms with Crippen LogP contribution in [-0.2, 0) is 16.1 Å². The van der Waals surface area contributed by atoms with Crippen molar-refractivity contribution in [2.75, 3.05) is 13.1 Å². The summed E-state index contributed by atoms with van der Waals surface area (Å²) in [5.74, 6) is -3.09. The van der Waals surface area contributed by atoms with Gasteiger partial charge < -0.3 is 19.7 Å². The molecule has 1 aromatic rings. The average Bonchev–Trinajstić information content (AvgIpc) is 2.74. The maximum absolute atomic E-state index is 12.2. The minimum Gasteiger partial charge on any atom is -0.480 e. The highest BCUT2D eigenvalue weighted by molar-refractivity contribution is 5.96. The molecule has 0 saturated heterocycles. The van der Waals surface area contributed by atoms with E-state index in [1.165, 1.54) is 0 Å². The lowest BCUT2D eigenvalue weighted by atomic mass is 10.3. The van der Waals surface area contributed by atoms with Gasteiger partial charge in [0.2, 0.25) is 0 Å². The van der Waals surface area contributed by atoms with Gasteiger partial charge in [-0.3, -0.25) is 14.4 Å². The Hall–Kier alpha value is -2.31. The zero-order chi connectivity index (χ0) is 14.4. The molecule has 0 atom stereocenters. The van der Waals surface area contributed by atoms with Crippen molar-refractivity contribution in [3.63, 3.8) is 0 Å². The predicted molar refractivity (Wildman–Crippen MR) is 65.9 cm³/mol. The summed E-state index contributed by atoms with van der Waals surface area (Å²) in [6.07, 6.45) is 2.52. The number of carbonyl (C=O) groups is 3. The standard InChI is InChI=1S/C12H16N2O5/c1-2-5-13-6-3-4-9(13)12(19)14(7-10(15)16)8-11(17)18/h3-4,6H,2,5,7-8H2,1H3,(H,15,16)(H,17,18). The van der Waals surface area contributed by atoms with E-state index >= 15 is 0 Å². The summed E-state index contributed by atoms with van der Waals surface area (Å²) >= 11 is 0. The Morgan fingerprint density at radius 2 is 1.79 bits per heavy atom. The van der Waals surface area contributed by atoms with Crippen molar-refractivity contribution < 1.29 is 24.6 Å². The molecule has 1 aromatic heterocycles. The van der Waals surface area contributed by atoms with Crippen LogP contribution in [0.5, 0.6) is 0 Å². The lowest BCUT2D eigenvalue weighted by Gasteiger charge is -2.19. The molecule has 0 aliphatic carbocycles. The maximum Gasteiger partial charge on any atom is 0.323 e. The second-order valence-corrected chi connectivity index (χ2v) is 4.04. The fourth-order valence-corrected chi connectivity index (χ4v) is 1.73. The Labute approximate surface area is 110 Å². The minimum absolute atomic E-state index is 0.296. The van der Waals surface area contributed by atoms with Gasteiger partial charge in [-0.15, -0.1) is 0 Å². The van der Waals surface area contributed by atoms with Crippen LogP contribution in [0.25, 0.3) is 0 Å². The second-order valence-electron chi connectivity index (χ2n) is 4.04. The highest BCUT2D eigenvalue weighted by atomic mass is 16.4. The average molecular weight is 268 g/mol. The van der Waals surface area contributed by atoms with E-state index in [2.05, 4.69) is 0 Å². The molecule has 0 aliphatic heterocycles. The van der Waals surface area contributed by atoms with Crippen LogP contribution in [0.3, 0.4) is 0 Å². The minimum atomic E-state index is -1.25. The zero-order valence-electron chi connectivity index (χ0n) is 10.6. The molecule has 0 aromatic carbocycles. The predicted octanol–water partition coefficient (Wildman–Crippen LogP) is 0.509. The van der Waals surface area contributed by atoms with Crippen LogP contribution in [0.15, 0.2) is 18.3 Å². The first-order valence-corrected chi connectivity index (χ1v) is 5.83. The molecule has 0 fully saturated rings. The van der Waals surface area contributed by atoms with Crippen molar-refractivity contribution in [1.29, 1.82) is 0 Å². The van der Waals surface area contributed by atoms with E-state index in [9.17, 15) is 14.4 Å². The molecule has 2 N–H and O–H groups in total. The van der Waals surface area contributed by atoms with E-state index in [0.717, 1.165) is 11.3 Å². The first-order chi connectivity index (χ1) is 8.95. The molecule has 0 spiro atoms. The third kappa shape index (κ3) is 4.13. The number of carbonyl (C=O) groups excluding carboxylic acids is 1. The molecule has 1 heterocycles. The fraction of sp³-hybridized carbons (Fsp3) is 0.417. The molecule has 7 nitrogen and oxygen atoms in total. The van der Waals surface area contributed by atoms with Crippen LogP contribution in [0, 0.1) is 0 Å². The van der Waals surface area contributed by atoms with Gasteiger partial charge in [-0.25, -0.2) is 0 Å². The van der Waals surface area contributed by atoms with Crippen LogP contribution >= 0.6 is 0 Å². The van der Waals surface area contributed by atoms with Gasteiger partial charge in [-0.2, -0.15) is 0 Å². The van der Waals surface area contributed by atoms with Gasteiger partial charge in [0.25, 0.3) is 5.91 Å². The maximum atomic E-state index is 12.2. The number of amides is 1. The number of carboxylic acid groups (broad SMARTS) is 2. The number of hydrogen-bond donors (Lipinski definition) is 2. The van der Waals surface area contributed by atoms with Crippen LogP contribution in [-0.4, -0.2) is 50.6 Å². The van der Waals surface area contributed by atoms with Crippen LogP contribution in [0.1, 0.15) is 23.8 Å². The molecule has 1 amide bonds. The number of rotatable bonds is 7. The lowest BCUT2D eigenvalue weighted by Crippen LogP contribution is -2.40. The quantitative estimate of drug-likeness (QED) is 0.750. The van der Waals surface area contributed by atoms with E-state index in [0.29, 0.717) is 12.2 Å². The molecular formula is C12H16N2O5. The fourth-order valence-electron chi connectivity index (χ4n) is 1.73. The van der Waals surface area contributed by atoms with E-state index < -0.39 is 30.9 Å². The van der Waals surface area contributed by atoms with Gasteiger partial charge in [0.1, 0.15) is 18.8 Å². The summed E-state index contributed by atoms with van der Waals surface area (Å²) < 4.78 is 1.68. The number of hydrogen-bond acceptors (Lipinski definition) is 3. The molecule has 0 saturated carbocycles. The van der Waals surface area contributed by atoms with E-state index in [4.69, 9.17) is 10.2 Å². The zero-order valence-corrected chi connectivity index (χ0v) is 10.6. The van der Waals surface area contributed by atoms with Gasteiger partial charge in [-0.05, 0) is 18.6 Å². The topological polar surface area (TPSA) is 99.8 Å². The Kier molecular flexibility index (Phi) is 5.11. The lowest BCUT2D eigenvalue weighted by molar-refractivity contribution is -0.140. The summed E-state index contributed by atoms with van der Waals surface area (Å²) in [5, 5.41) is 17.4. The first kappa shape index (κ1) is 14.7. The molecule has 0 aliphatic rings. The highest BCUT2D eigenvalue weighted by Crippen LogP contribution is 2.08. The van der Waals surface area contributed by atoms with Gasteiger partial charge in [0.15, 0.2) is 0 Å². The third-order valence-electron chi connectivity index (χ3n) is 2.45. The summed E-state index contributed by atoms with van der Waals surface area (Å²) in [4.78, 5) is 34.3. The molecular weight excluding hydrogens is 252 g/mol. The van der Waals surface area contributed by atoms with Gasteiger partial charge in [-0.1, -0.05) is 6.92 Å². The normalized spacial score (nSPS) is 10.2. The summed E-state index contributed by atoms with van der Waals surface area (Å²) in [7, 11) is 0. The van der Waals surface area contributed by atoms with Crippen molar-refractivity contribution in [3.05, 3.63) is 24.0 Å². The largest absolute Gasteiger partial charge is 0.480 e. The summed E-state index contributed by atoms with van der Waals surface area (Å²) in [5.41, 5.74) is 0.296. The Morgan fingerprint density at radius 1 is 1.21 bits per heavy atom. The number of aromatic nitrogens is 1.